The first kappa shape index (κ1) is 18.9. The molecule has 0 aliphatic carbocycles. The number of aromatic nitrogens is 1. The van der Waals surface area contributed by atoms with Crippen LogP contribution in [0.25, 0.3) is 17.0 Å². The van der Waals surface area contributed by atoms with Gasteiger partial charge in [0.25, 0.3) is 11.6 Å². The second-order valence-corrected chi connectivity index (χ2v) is 6.50. The molecule has 0 aliphatic rings. The quantitative estimate of drug-likeness (QED) is 0.303. The van der Waals surface area contributed by atoms with Gasteiger partial charge in [0.2, 0.25) is 0 Å². The number of nitrogens with zero attached hydrogens (tertiary/aromatic N) is 3. The highest BCUT2D eigenvalue weighted by atomic mass is 16.6. The largest absolute Gasteiger partial charge is 0.344 e. The van der Waals surface area contributed by atoms with Gasteiger partial charge in [-0.05, 0) is 32.1 Å². The highest BCUT2D eigenvalue weighted by molar-refractivity contribution is 6.11. The molecule has 140 valence electrons. The third kappa shape index (κ3) is 3.62. The Morgan fingerprint density at radius 1 is 1.21 bits per heavy atom. The predicted molar refractivity (Wildman–Crippen MR) is 108 cm³/mol. The number of para-hydroxylation sites is 3. The van der Waals surface area contributed by atoms with Crippen molar-refractivity contribution in [3.8, 4) is 6.07 Å². The van der Waals surface area contributed by atoms with Crippen LogP contribution in [0.4, 0.5) is 11.4 Å². The van der Waals surface area contributed by atoms with Crippen molar-refractivity contribution in [3.63, 3.8) is 0 Å². The van der Waals surface area contributed by atoms with Crippen LogP contribution in [0.1, 0.15) is 25.5 Å². The number of anilines is 1. The van der Waals surface area contributed by atoms with Crippen molar-refractivity contribution in [2.24, 2.45) is 0 Å². The lowest BCUT2D eigenvalue weighted by molar-refractivity contribution is -0.383. The molecule has 0 unspecified atom stereocenters. The summed E-state index contributed by atoms with van der Waals surface area (Å²) < 4.78 is 2.07. The zero-order chi connectivity index (χ0) is 20.3. The summed E-state index contributed by atoms with van der Waals surface area (Å²) in [6.45, 7) is 4.10. The average Bonchev–Trinajstić information content (AvgIpc) is 3.05. The van der Waals surface area contributed by atoms with E-state index in [0.717, 1.165) is 16.5 Å². The molecule has 0 saturated carbocycles. The van der Waals surface area contributed by atoms with Gasteiger partial charge in [0, 0.05) is 34.8 Å². The van der Waals surface area contributed by atoms with Crippen molar-refractivity contribution in [3.05, 3.63) is 76.0 Å². The van der Waals surface area contributed by atoms with Crippen molar-refractivity contribution in [1.82, 2.24) is 4.57 Å². The predicted octanol–water partition coefficient (Wildman–Crippen LogP) is 4.68. The highest BCUT2D eigenvalue weighted by Crippen LogP contribution is 2.27. The summed E-state index contributed by atoms with van der Waals surface area (Å²) in [5.74, 6) is -0.696. The van der Waals surface area contributed by atoms with Crippen LogP contribution in [0.5, 0.6) is 0 Å². The number of hydrogen-bond donors (Lipinski definition) is 1. The summed E-state index contributed by atoms with van der Waals surface area (Å²) >= 11 is 0. The minimum Gasteiger partial charge on any atom is -0.344 e. The van der Waals surface area contributed by atoms with Gasteiger partial charge in [-0.1, -0.05) is 30.3 Å². The molecule has 28 heavy (non-hydrogen) atoms. The summed E-state index contributed by atoms with van der Waals surface area (Å²) in [4.78, 5) is 23.1. The zero-order valence-electron chi connectivity index (χ0n) is 15.4. The molecule has 3 aromatic rings. The number of benzene rings is 2. The number of nitriles is 1. The maximum Gasteiger partial charge on any atom is 0.292 e. The lowest BCUT2D eigenvalue weighted by Crippen LogP contribution is -2.14. The lowest BCUT2D eigenvalue weighted by atomic mass is 10.1. The van der Waals surface area contributed by atoms with E-state index >= 15 is 0 Å². The molecule has 1 heterocycles. The van der Waals surface area contributed by atoms with Crippen molar-refractivity contribution in [1.29, 1.82) is 5.26 Å². The molecule has 2 aromatic carbocycles. The van der Waals surface area contributed by atoms with Crippen molar-refractivity contribution in [2.45, 2.75) is 19.9 Å². The summed E-state index contributed by atoms with van der Waals surface area (Å²) in [6, 6.07) is 15.6. The van der Waals surface area contributed by atoms with E-state index in [0.29, 0.717) is 0 Å². The molecule has 0 bridgehead atoms. The monoisotopic (exact) mass is 374 g/mol. The van der Waals surface area contributed by atoms with Gasteiger partial charge in [-0.2, -0.15) is 5.26 Å². The first-order valence-electron chi connectivity index (χ1n) is 8.68. The number of nitro groups is 1. The number of amides is 1. The summed E-state index contributed by atoms with van der Waals surface area (Å²) in [5, 5.41) is 24.0. The second-order valence-electron chi connectivity index (χ2n) is 6.50. The first-order valence-corrected chi connectivity index (χ1v) is 8.68. The molecule has 0 atom stereocenters. The second kappa shape index (κ2) is 7.76. The van der Waals surface area contributed by atoms with E-state index in [2.05, 4.69) is 9.88 Å². The fourth-order valence-corrected chi connectivity index (χ4v) is 3.01. The fourth-order valence-electron chi connectivity index (χ4n) is 3.01. The maximum absolute atomic E-state index is 12.6. The number of hydrogen-bond acceptors (Lipinski definition) is 4. The number of carbonyl (C=O) groups excluding carboxylic acids is 1. The van der Waals surface area contributed by atoms with E-state index in [1.807, 2.05) is 50.4 Å². The van der Waals surface area contributed by atoms with Gasteiger partial charge in [-0.25, -0.2) is 0 Å². The van der Waals surface area contributed by atoms with Crippen LogP contribution < -0.4 is 5.32 Å². The Labute approximate surface area is 161 Å². The van der Waals surface area contributed by atoms with Crippen LogP contribution in [0.3, 0.4) is 0 Å². The molecule has 1 amide bonds. The summed E-state index contributed by atoms with van der Waals surface area (Å²) in [5.41, 5.74) is 1.41. The third-order valence-electron chi connectivity index (χ3n) is 4.34. The van der Waals surface area contributed by atoms with Gasteiger partial charge in [-0.15, -0.1) is 0 Å². The topological polar surface area (TPSA) is 101 Å². The van der Waals surface area contributed by atoms with Crippen molar-refractivity contribution in [2.75, 3.05) is 5.32 Å². The molecule has 0 fully saturated rings. The van der Waals surface area contributed by atoms with Crippen LogP contribution >= 0.6 is 0 Å². The van der Waals surface area contributed by atoms with Crippen LogP contribution in [-0.2, 0) is 4.79 Å². The molecule has 0 aliphatic heterocycles. The van der Waals surface area contributed by atoms with Crippen LogP contribution in [0.2, 0.25) is 0 Å². The lowest BCUT2D eigenvalue weighted by Gasteiger charge is -2.08. The average molecular weight is 374 g/mol. The molecule has 0 saturated heterocycles. The molecule has 1 N–H and O–H groups in total. The van der Waals surface area contributed by atoms with Gasteiger partial charge in [0.1, 0.15) is 17.3 Å². The molecule has 7 heteroatoms. The minimum absolute atomic E-state index is 0.0447. The zero-order valence-corrected chi connectivity index (χ0v) is 15.4. The number of nitro benzene ring substituents is 1. The Morgan fingerprint density at radius 3 is 2.57 bits per heavy atom. The van der Waals surface area contributed by atoms with Gasteiger partial charge in [-0.3, -0.25) is 14.9 Å². The molecule has 0 spiro atoms. The summed E-state index contributed by atoms with van der Waals surface area (Å²) in [6.07, 6.45) is 3.40. The van der Waals surface area contributed by atoms with Gasteiger partial charge in [0.05, 0.1) is 4.92 Å². The van der Waals surface area contributed by atoms with Crippen molar-refractivity contribution < 1.29 is 9.72 Å². The minimum atomic E-state index is -0.696. The standard InChI is InChI=1S/C21H18N4O3/c1-14(2)24-13-16(17-7-3-5-9-19(17)24)11-15(12-22)21(26)23-18-8-4-6-10-20(18)25(27)28/h3-11,13-14H,1-2H3,(H,23,26). The molecule has 1 aromatic heterocycles. The van der Waals surface area contributed by atoms with E-state index in [4.69, 9.17) is 0 Å². The van der Waals surface area contributed by atoms with Gasteiger partial charge >= 0.3 is 0 Å². The van der Waals surface area contributed by atoms with Gasteiger partial charge < -0.3 is 9.88 Å². The van der Waals surface area contributed by atoms with Crippen LogP contribution in [-0.4, -0.2) is 15.4 Å². The number of nitrogens with one attached hydrogen (secondary N) is 1. The van der Waals surface area contributed by atoms with E-state index in [1.165, 1.54) is 24.3 Å². The Kier molecular flexibility index (Phi) is 5.23. The molecule has 7 nitrogen and oxygen atoms in total. The number of fused-ring (bicyclic) bond motifs is 1. The maximum atomic E-state index is 12.6. The molecule has 0 radical (unpaired) electrons. The van der Waals surface area contributed by atoms with E-state index < -0.39 is 10.8 Å². The molecular weight excluding hydrogens is 356 g/mol. The van der Waals surface area contributed by atoms with E-state index in [9.17, 15) is 20.2 Å². The molecule has 3 rings (SSSR count). The Balaban J connectivity index is 2.00. The molecular formula is C21H18N4O3. The normalized spacial score (nSPS) is 11.4. The Morgan fingerprint density at radius 2 is 1.89 bits per heavy atom. The summed E-state index contributed by atoms with van der Waals surface area (Å²) in [7, 11) is 0. The smallest absolute Gasteiger partial charge is 0.292 e. The number of carbonyl (C=O) groups is 1. The van der Waals surface area contributed by atoms with E-state index in [-0.39, 0.29) is 23.0 Å². The van der Waals surface area contributed by atoms with Crippen molar-refractivity contribution >= 4 is 34.3 Å². The van der Waals surface area contributed by atoms with Crippen LogP contribution in [0, 0.1) is 21.4 Å². The highest BCUT2D eigenvalue weighted by Gasteiger charge is 2.18. The Hall–Kier alpha value is -3.92. The van der Waals surface area contributed by atoms with Gasteiger partial charge in [0.15, 0.2) is 0 Å². The number of rotatable bonds is 5. The Bertz CT molecular complexity index is 1140. The SMILES string of the molecule is CC(C)n1cc(C=C(C#N)C(=O)Nc2ccccc2[N+](=O)[O-])c2ccccc21. The first-order chi connectivity index (χ1) is 13.4. The fraction of sp³-hybridized carbons (Fsp3) is 0.143. The van der Waals surface area contributed by atoms with Crippen LogP contribution in [0.15, 0.2) is 60.3 Å². The third-order valence-corrected chi connectivity index (χ3v) is 4.34. The van der Waals surface area contributed by atoms with E-state index in [1.54, 1.807) is 6.07 Å².